The third-order valence-corrected chi connectivity index (χ3v) is 6.25. The topological polar surface area (TPSA) is 81.1 Å². The standard InChI is InChI=1S/C24H20ClN3O3S/c1-16(29)26-22-6-4-3-5-21(22)24-15-23(17-7-9-18(25)10-8-17)27-28(24)19-11-13-20(14-12-19)32(2,30)31/h3-15H,1-2H3,(H,26,29). The highest BCUT2D eigenvalue weighted by Crippen LogP contribution is 2.33. The fourth-order valence-corrected chi connectivity index (χ4v) is 4.13. The molecule has 3 aromatic carbocycles. The number of para-hydroxylation sites is 1. The molecule has 0 aliphatic carbocycles. The van der Waals surface area contributed by atoms with Gasteiger partial charge in [-0.15, -0.1) is 0 Å². The zero-order chi connectivity index (χ0) is 22.9. The molecular weight excluding hydrogens is 446 g/mol. The normalized spacial score (nSPS) is 11.3. The van der Waals surface area contributed by atoms with Crippen molar-refractivity contribution in [3.63, 3.8) is 0 Å². The number of nitrogens with one attached hydrogen (secondary N) is 1. The Balaban J connectivity index is 1.91. The van der Waals surface area contributed by atoms with Crippen LogP contribution in [0.4, 0.5) is 5.69 Å². The van der Waals surface area contributed by atoms with Gasteiger partial charge in [0.05, 0.1) is 27.7 Å². The summed E-state index contributed by atoms with van der Waals surface area (Å²) >= 11 is 6.03. The lowest BCUT2D eigenvalue weighted by Gasteiger charge is -2.12. The van der Waals surface area contributed by atoms with Crippen molar-refractivity contribution in [3.05, 3.63) is 83.9 Å². The second kappa shape index (κ2) is 8.61. The smallest absolute Gasteiger partial charge is 0.221 e. The van der Waals surface area contributed by atoms with Gasteiger partial charge >= 0.3 is 0 Å². The number of hydrogen-bond acceptors (Lipinski definition) is 4. The Morgan fingerprint density at radius 3 is 2.25 bits per heavy atom. The van der Waals surface area contributed by atoms with Crippen molar-refractivity contribution in [2.75, 3.05) is 11.6 Å². The number of benzene rings is 3. The largest absolute Gasteiger partial charge is 0.326 e. The van der Waals surface area contributed by atoms with E-state index in [1.54, 1.807) is 41.1 Å². The lowest BCUT2D eigenvalue weighted by molar-refractivity contribution is -0.114. The molecular formula is C24H20ClN3O3S. The number of sulfone groups is 1. The van der Waals surface area contributed by atoms with E-state index in [-0.39, 0.29) is 10.8 Å². The molecule has 32 heavy (non-hydrogen) atoms. The summed E-state index contributed by atoms with van der Waals surface area (Å²) in [5, 5.41) is 8.27. The molecule has 0 aliphatic heterocycles. The van der Waals surface area contributed by atoms with Crippen molar-refractivity contribution in [2.45, 2.75) is 11.8 Å². The predicted octanol–water partition coefficient (Wildman–Crippen LogP) is 5.22. The molecule has 0 atom stereocenters. The fraction of sp³-hybridized carbons (Fsp3) is 0.0833. The summed E-state index contributed by atoms with van der Waals surface area (Å²) in [5.41, 5.74) is 4.44. The number of anilines is 1. The van der Waals surface area contributed by atoms with Gasteiger partial charge in [-0.3, -0.25) is 4.79 Å². The molecule has 0 aliphatic rings. The molecule has 4 rings (SSSR count). The van der Waals surface area contributed by atoms with Gasteiger partial charge in [0.1, 0.15) is 0 Å². The van der Waals surface area contributed by atoms with Crippen LogP contribution >= 0.6 is 11.6 Å². The van der Waals surface area contributed by atoms with E-state index in [0.29, 0.717) is 22.1 Å². The minimum atomic E-state index is -3.32. The Kier molecular flexibility index (Phi) is 5.86. The average molecular weight is 466 g/mol. The van der Waals surface area contributed by atoms with Gasteiger partial charge in [-0.05, 0) is 48.5 Å². The predicted molar refractivity (Wildman–Crippen MR) is 127 cm³/mol. The monoisotopic (exact) mass is 465 g/mol. The van der Waals surface area contributed by atoms with E-state index >= 15 is 0 Å². The maximum Gasteiger partial charge on any atom is 0.221 e. The summed E-state index contributed by atoms with van der Waals surface area (Å²) < 4.78 is 25.5. The molecule has 0 spiro atoms. The lowest BCUT2D eigenvalue weighted by atomic mass is 10.1. The first-order valence-electron chi connectivity index (χ1n) is 9.76. The number of carbonyl (C=O) groups is 1. The molecule has 1 amide bonds. The summed E-state index contributed by atoms with van der Waals surface area (Å²) in [4.78, 5) is 12.0. The van der Waals surface area contributed by atoms with Gasteiger partial charge in [-0.25, -0.2) is 13.1 Å². The van der Waals surface area contributed by atoms with Gasteiger partial charge in [-0.1, -0.05) is 41.9 Å². The van der Waals surface area contributed by atoms with Crippen molar-refractivity contribution in [2.24, 2.45) is 0 Å². The van der Waals surface area contributed by atoms with Crippen LogP contribution in [0.1, 0.15) is 6.92 Å². The van der Waals surface area contributed by atoms with Crippen LogP contribution in [0.2, 0.25) is 5.02 Å². The van der Waals surface area contributed by atoms with Crippen LogP contribution in [0, 0.1) is 0 Å². The minimum absolute atomic E-state index is 0.182. The van der Waals surface area contributed by atoms with Gasteiger partial charge in [0.2, 0.25) is 5.91 Å². The van der Waals surface area contributed by atoms with Crippen molar-refractivity contribution in [1.82, 2.24) is 9.78 Å². The summed E-state index contributed by atoms with van der Waals surface area (Å²) in [5.74, 6) is -0.182. The maximum absolute atomic E-state index is 11.9. The summed E-state index contributed by atoms with van der Waals surface area (Å²) in [6, 6.07) is 23.2. The first-order chi connectivity index (χ1) is 15.2. The number of halogens is 1. The van der Waals surface area contributed by atoms with E-state index < -0.39 is 9.84 Å². The van der Waals surface area contributed by atoms with E-state index in [0.717, 1.165) is 16.8 Å². The molecule has 0 saturated carbocycles. The molecule has 0 radical (unpaired) electrons. The van der Waals surface area contributed by atoms with Crippen LogP contribution in [-0.2, 0) is 14.6 Å². The van der Waals surface area contributed by atoms with E-state index in [1.807, 2.05) is 42.5 Å². The molecule has 8 heteroatoms. The van der Waals surface area contributed by atoms with Crippen LogP contribution < -0.4 is 5.32 Å². The van der Waals surface area contributed by atoms with Gasteiger partial charge < -0.3 is 5.32 Å². The van der Waals surface area contributed by atoms with Crippen LogP contribution in [0.25, 0.3) is 28.2 Å². The zero-order valence-corrected chi connectivity index (χ0v) is 19.0. The number of nitrogens with zero attached hydrogens (tertiary/aromatic N) is 2. The number of carbonyl (C=O) groups excluding carboxylic acids is 1. The second-order valence-corrected chi connectivity index (χ2v) is 9.78. The molecule has 0 fully saturated rings. The van der Waals surface area contributed by atoms with Gasteiger partial charge in [-0.2, -0.15) is 5.10 Å². The van der Waals surface area contributed by atoms with Gasteiger partial charge in [0.15, 0.2) is 9.84 Å². The van der Waals surface area contributed by atoms with Crippen molar-refractivity contribution in [1.29, 1.82) is 0 Å². The quantitative estimate of drug-likeness (QED) is 0.438. The summed E-state index contributed by atoms with van der Waals surface area (Å²) in [6.45, 7) is 1.46. The summed E-state index contributed by atoms with van der Waals surface area (Å²) in [6.07, 6.45) is 1.17. The fourth-order valence-electron chi connectivity index (χ4n) is 3.37. The zero-order valence-electron chi connectivity index (χ0n) is 17.4. The van der Waals surface area contributed by atoms with E-state index in [4.69, 9.17) is 16.7 Å². The highest BCUT2D eigenvalue weighted by Gasteiger charge is 2.17. The molecule has 1 N–H and O–H groups in total. The van der Waals surface area contributed by atoms with Crippen LogP contribution in [0.3, 0.4) is 0 Å². The van der Waals surface area contributed by atoms with Crippen LogP contribution in [0.5, 0.6) is 0 Å². The Hall–Kier alpha value is -3.42. The highest BCUT2D eigenvalue weighted by atomic mass is 35.5. The molecule has 1 aromatic heterocycles. The van der Waals surface area contributed by atoms with Gasteiger partial charge in [0.25, 0.3) is 0 Å². The first-order valence-corrected chi connectivity index (χ1v) is 12.0. The third-order valence-electron chi connectivity index (χ3n) is 4.87. The number of hydrogen-bond donors (Lipinski definition) is 1. The molecule has 162 valence electrons. The second-order valence-electron chi connectivity index (χ2n) is 7.33. The van der Waals surface area contributed by atoms with Gasteiger partial charge in [0, 0.05) is 29.3 Å². The molecule has 0 bridgehead atoms. The van der Waals surface area contributed by atoms with E-state index in [1.165, 1.54) is 13.2 Å². The van der Waals surface area contributed by atoms with E-state index in [9.17, 15) is 13.2 Å². The number of rotatable bonds is 5. The number of aromatic nitrogens is 2. The first kappa shape index (κ1) is 21.8. The Labute approximate surface area is 191 Å². The third kappa shape index (κ3) is 4.59. The van der Waals surface area contributed by atoms with Crippen molar-refractivity contribution >= 4 is 33.0 Å². The van der Waals surface area contributed by atoms with E-state index in [2.05, 4.69) is 5.32 Å². The minimum Gasteiger partial charge on any atom is -0.326 e. The molecule has 4 aromatic rings. The molecule has 1 heterocycles. The summed E-state index contributed by atoms with van der Waals surface area (Å²) in [7, 11) is -3.32. The van der Waals surface area contributed by atoms with Crippen LogP contribution in [-0.4, -0.2) is 30.4 Å². The van der Waals surface area contributed by atoms with Crippen molar-refractivity contribution in [3.8, 4) is 28.2 Å². The molecule has 0 unspecified atom stereocenters. The maximum atomic E-state index is 11.9. The average Bonchev–Trinajstić information content (AvgIpc) is 3.19. The Bertz CT molecular complexity index is 1390. The highest BCUT2D eigenvalue weighted by molar-refractivity contribution is 7.90. The molecule has 6 nitrogen and oxygen atoms in total. The SMILES string of the molecule is CC(=O)Nc1ccccc1-c1cc(-c2ccc(Cl)cc2)nn1-c1ccc(S(C)(=O)=O)cc1. The van der Waals surface area contributed by atoms with Crippen LogP contribution in [0.15, 0.2) is 83.8 Å². The Morgan fingerprint density at radius 2 is 1.62 bits per heavy atom. The van der Waals surface area contributed by atoms with Crippen molar-refractivity contribution < 1.29 is 13.2 Å². The Morgan fingerprint density at radius 1 is 0.969 bits per heavy atom. The lowest BCUT2D eigenvalue weighted by Crippen LogP contribution is -2.08. The number of amides is 1. The molecule has 0 saturated heterocycles.